The molecule has 1 aliphatic carbocycles. The molecule has 2 N–H and O–H groups in total. The van der Waals surface area contributed by atoms with E-state index in [1.165, 1.54) is 17.8 Å². The predicted molar refractivity (Wildman–Crippen MR) is 110 cm³/mol. The lowest BCUT2D eigenvalue weighted by molar-refractivity contribution is 0.0914. The number of nitrogens with zero attached hydrogens (tertiary/aromatic N) is 3. The molecule has 1 amide bonds. The van der Waals surface area contributed by atoms with Crippen LogP contribution in [0.1, 0.15) is 62.3 Å². The van der Waals surface area contributed by atoms with Gasteiger partial charge in [0.25, 0.3) is 5.91 Å². The number of rotatable bonds is 5. The Bertz CT molecular complexity index is 892. The van der Waals surface area contributed by atoms with E-state index in [4.69, 9.17) is 0 Å². The van der Waals surface area contributed by atoms with Crippen molar-refractivity contribution in [3.8, 4) is 0 Å². The fraction of sp³-hybridized carbons (Fsp3) is 0.400. The molecule has 27 heavy (non-hydrogen) atoms. The van der Waals surface area contributed by atoms with Gasteiger partial charge in [0.05, 0.1) is 22.0 Å². The van der Waals surface area contributed by atoms with E-state index in [1.807, 2.05) is 50.4 Å². The van der Waals surface area contributed by atoms with Crippen LogP contribution in [0.15, 0.2) is 35.8 Å². The van der Waals surface area contributed by atoms with E-state index in [0.717, 1.165) is 28.8 Å². The zero-order valence-electron chi connectivity index (χ0n) is 15.9. The van der Waals surface area contributed by atoms with Crippen LogP contribution in [0.5, 0.6) is 0 Å². The molecular formula is C20H25N5OS. The molecule has 6 nitrogen and oxygen atoms in total. The average molecular weight is 384 g/mol. The number of hydrogen-bond acceptors (Lipinski definition) is 6. The van der Waals surface area contributed by atoms with Crippen molar-refractivity contribution in [2.75, 3.05) is 5.32 Å². The Hall–Kier alpha value is -2.54. The van der Waals surface area contributed by atoms with Gasteiger partial charge in [0.15, 0.2) is 5.69 Å². The first-order valence-corrected chi connectivity index (χ1v) is 10.3. The number of thiophene rings is 1. The second-order valence-electron chi connectivity index (χ2n) is 6.25. The smallest absolute Gasteiger partial charge is 0.271 e. The van der Waals surface area contributed by atoms with Gasteiger partial charge in [-0.25, -0.2) is 9.97 Å². The molecule has 0 aliphatic heterocycles. The molecule has 0 aromatic carbocycles. The van der Waals surface area contributed by atoms with Crippen LogP contribution < -0.4 is 10.6 Å². The van der Waals surface area contributed by atoms with Gasteiger partial charge in [0, 0.05) is 12.2 Å². The van der Waals surface area contributed by atoms with Gasteiger partial charge in [-0.15, -0.1) is 11.3 Å². The van der Waals surface area contributed by atoms with Crippen LogP contribution in [-0.2, 0) is 0 Å². The summed E-state index contributed by atoms with van der Waals surface area (Å²) >= 11 is 1.49. The number of carbonyl (C=O) groups excluding carboxylic acids is 1. The maximum atomic E-state index is 12.6. The lowest BCUT2D eigenvalue weighted by Gasteiger charge is -2.26. The largest absolute Gasteiger partial charge is 0.348 e. The maximum Gasteiger partial charge on any atom is 0.271 e. The predicted octanol–water partition coefficient (Wildman–Crippen LogP) is 4.57. The molecule has 1 fully saturated rings. The van der Waals surface area contributed by atoms with E-state index >= 15 is 0 Å². The first kappa shape index (κ1) is 19.2. The van der Waals surface area contributed by atoms with Crippen LogP contribution in [0.2, 0.25) is 0 Å². The Balaban J connectivity index is 0.00000102. The standard InChI is InChI=1S/C18H19N5OS.C2H6/c1-11(13-7-2-3-9-19-13)20-18-22-14-8-10-25-16(14)15(23-18)17(24)21-12-5-4-6-12;1-2/h2-3,7-12H,4-6H2,1H3,(H,21,24)(H,20,22,23);1-2H3. The summed E-state index contributed by atoms with van der Waals surface area (Å²) in [5.74, 6) is 0.330. The molecule has 0 spiro atoms. The summed E-state index contributed by atoms with van der Waals surface area (Å²) in [6.45, 7) is 6.00. The van der Waals surface area contributed by atoms with Crippen molar-refractivity contribution in [2.45, 2.75) is 52.1 Å². The van der Waals surface area contributed by atoms with Gasteiger partial charge < -0.3 is 10.6 Å². The first-order chi connectivity index (χ1) is 13.2. The second kappa shape index (κ2) is 8.90. The molecule has 1 aliphatic rings. The Morgan fingerprint density at radius 1 is 1.22 bits per heavy atom. The maximum absolute atomic E-state index is 12.6. The molecule has 0 saturated heterocycles. The minimum atomic E-state index is -0.118. The van der Waals surface area contributed by atoms with Crippen molar-refractivity contribution in [3.63, 3.8) is 0 Å². The number of hydrogen-bond donors (Lipinski definition) is 2. The van der Waals surface area contributed by atoms with Crippen LogP contribution in [-0.4, -0.2) is 26.9 Å². The van der Waals surface area contributed by atoms with Gasteiger partial charge in [0.2, 0.25) is 5.95 Å². The zero-order chi connectivity index (χ0) is 19.2. The molecule has 3 aromatic heterocycles. The van der Waals surface area contributed by atoms with Crippen molar-refractivity contribution in [3.05, 3.63) is 47.2 Å². The molecule has 1 saturated carbocycles. The lowest BCUT2D eigenvalue weighted by atomic mass is 9.93. The second-order valence-corrected chi connectivity index (χ2v) is 7.17. The number of carbonyl (C=O) groups is 1. The van der Waals surface area contributed by atoms with Gasteiger partial charge in [0.1, 0.15) is 0 Å². The third-order valence-electron chi connectivity index (χ3n) is 4.44. The van der Waals surface area contributed by atoms with E-state index in [9.17, 15) is 4.79 Å². The van der Waals surface area contributed by atoms with Crippen molar-refractivity contribution >= 4 is 33.4 Å². The molecule has 7 heteroatoms. The number of fused-ring (bicyclic) bond motifs is 1. The third-order valence-corrected chi connectivity index (χ3v) is 5.35. The van der Waals surface area contributed by atoms with E-state index in [2.05, 4.69) is 25.6 Å². The molecule has 1 unspecified atom stereocenters. The topological polar surface area (TPSA) is 79.8 Å². The van der Waals surface area contributed by atoms with Gasteiger partial charge >= 0.3 is 0 Å². The van der Waals surface area contributed by atoms with Gasteiger partial charge in [-0.3, -0.25) is 9.78 Å². The van der Waals surface area contributed by atoms with Crippen molar-refractivity contribution in [2.24, 2.45) is 0 Å². The molecule has 142 valence electrons. The van der Waals surface area contributed by atoms with E-state index in [1.54, 1.807) is 6.20 Å². The summed E-state index contributed by atoms with van der Waals surface area (Å²) in [7, 11) is 0. The van der Waals surface area contributed by atoms with E-state index < -0.39 is 0 Å². The minimum absolute atomic E-state index is 0.0557. The van der Waals surface area contributed by atoms with Gasteiger partial charge in [-0.05, 0) is 49.8 Å². The first-order valence-electron chi connectivity index (χ1n) is 9.44. The number of amides is 1. The molecule has 3 aromatic rings. The molecular weight excluding hydrogens is 358 g/mol. The average Bonchev–Trinajstić information content (AvgIpc) is 3.14. The highest BCUT2D eigenvalue weighted by Gasteiger charge is 2.23. The number of anilines is 1. The number of nitrogens with one attached hydrogen (secondary N) is 2. The Kier molecular flexibility index (Phi) is 6.34. The summed E-state index contributed by atoms with van der Waals surface area (Å²) in [6, 6.07) is 7.92. The summed E-state index contributed by atoms with van der Waals surface area (Å²) in [4.78, 5) is 26.0. The fourth-order valence-corrected chi connectivity index (χ4v) is 3.61. The van der Waals surface area contributed by atoms with Crippen molar-refractivity contribution < 1.29 is 4.79 Å². The molecule has 0 radical (unpaired) electrons. The summed E-state index contributed by atoms with van der Waals surface area (Å²) in [5.41, 5.74) is 2.13. The Labute approximate surface area is 163 Å². The van der Waals surface area contributed by atoms with Gasteiger partial charge in [-0.2, -0.15) is 0 Å². The quantitative estimate of drug-likeness (QED) is 0.675. The van der Waals surface area contributed by atoms with Crippen molar-refractivity contribution in [1.29, 1.82) is 0 Å². The van der Waals surface area contributed by atoms with E-state index in [-0.39, 0.29) is 18.0 Å². The molecule has 4 rings (SSSR count). The molecule has 3 heterocycles. The summed E-state index contributed by atoms with van der Waals surface area (Å²) < 4.78 is 0.827. The summed E-state index contributed by atoms with van der Waals surface area (Å²) in [5, 5.41) is 8.26. The number of aromatic nitrogens is 3. The van der Waals surface area contributed by atoms with Crippen LogP contribution in [0.25, 0.3) is 10.2 Å². The third kappa shape index (κ3) is 4.42. The Morgan fingerprint density at radius 2 is 2.04 bits per heavy atom. The highest BCUT2D eigenvalue weighted by atomic mass is 32.1. The fourth-order valence-electron chi connectivity index (χ4n) is 2.79. The molecule has 1 atom stereocenters. The lowest BCUT2D eigenvalue weighted by Crippen LogP contribution is -2.39. The van der Waals surface area contributed by atoms with Gasteiger partial charge in [-0.1, -0.05) is 19.9 Å². The van der Waals surface area contributed by atoms with Crippen LogP contribution in [0.3, 0.4) is 0 Å². The van der Waals surface area contributed by atoms with E-state index in [0.29, 0.717) is 11.6 Å². The van der Waals surface area contributed by atoms with Crippen LogP contribution in [0.4, 0.5) is 5.95 Å². The highest BCUT2D eigenvalue weighted by Crippen LogP contribution is 2.26. The minimum Gasteiger partial charge on any atom is -0.348 e. The SMILES string of the molecule is CC.CC(Nc1nc(C(=O)NC2CCC2)c2sccc2n1)c1ccccn1. The zero-order valence-corrected chi connectivity index (χ0v) is 16.7. The monoisotopic (exact) mass is 383 g/mol. The van der Waals surface area contributed by atoms with Crippen molar-refractivity contribution in [1.82, 2.24) is 20.3 Å². The normalized spacial score (nSPS) is 14.6. The number of pyridine rings is 1. The molecule has 0 bridgehead atoms. The van der Waals surface area contributed by atoms with Crippen LogP contribution >= 0.6 is 11.3 Å². The van der Waals surface area contributed by atoms with Crippen LogP contribution in [0, 0.1) is 0 Å². The Morgan fingerprint density at radius 3 is 2.70 bits per heavy atom. The highest BCUT2D eigenvalue weighted by molar-refractivity contribution is 7.17. The summed E-state index contributed by atoms with van der Waals surface area (Å²) in [6.07, 6.45) is 5.03.